The third-order valence-electron chi connectivity index (χ3n) is 1.95. The van der Waals surface area contributed by atoms with Crippen LogP contribution in [0.15, 0.2) is 35.3 Å². The molecule has 0 amide bonds. The van der Waals surface area contributed by atoms with Gasteiger partial charge in [0.2, 0.25) is 0 Å². The minimum Gasteiger partial charge on any atom is -0.307 e. The zero-order valence-electron chi connectivity index (χ0n) is 8.06. The summed E-state index contributed by atoms with van der Waals surface area (Å²) in [5.74, 6) is 0. The Morgan fingerprint density at radius 1 is 1.64 bits per heavy atom. The van der Waals surface area contributed by atoms with Crippen LogP contribution in [0.2, 0.25) is 5.02 Å². The first-order valence-electron chi connectivity index (χ1n) is 4.50. The standard InChI is InChI=1S/C11H13BrClN/c1-3-11(14-4-2)9-7-8(12)5-6-10(9)13/h3,5-7,11,14H,1,4H2,2H3. The Kier molecular flexibility index (Phi) is 4.66. The number of likely N-dealkylation sites (N-methyl/N-ethyl adjacent to an activating group) is 1. The van der Waals surface area contributed by atoms with Crippen molar-refractivity contribution in [1.82, 2.24) is 5.32 Å². The molecule has 0 fully saturated rings. The van der Waals surface area contributed by atoms with E-state index in [1.807, 2.05) is 24.3 Å². The molecule has 1 aromatic rings. The fourth-order valence-electron chi connectivity index (χ4n) is 1.29. The Morgan fingerprint density at radius 3 is 2.93 bits per heavy atom. The van der Waals surface area contributed by atoms with Crippen LogP contribution < -0.4 is 5.32 Å². The number of halogens is 2. The Bertz CT molecular complexity index is 325. The highest BCUT2D eigenvalue weighted by atomic mass is 79.9. The summed E-state index contributed by atoms with van der Waals surface area (Å²) in [6, 6.07) is 5.94. The van der Waals surface area contributed by atoms with Crippen LogP contribution in [-0.2, 0) is 0 Å². The number of hydrogen-bond acceptors (Lipinski definition) is 1. The van der Waals surface area contributed by atoms with E-state index in [4.69, 9.17) is 11.6 Å². The van der Waals surface area contributed by atoms with Crippen molar-refractivity contribution in [1.29, 1.82) is 0 Å². The van der Waals surface area contributed by atoms with Gasteiger partial charge in [0.05, 0.1) is 6.04 Å². The maximum atomic E-state index is 6.10. The van der Waals surface area contributed by atoms with Gasteiger partial charge in [-0.2, -0.15) is 0 Å². The first-order chi connectivity index (χ1) is 6.69. The normalized spacial score (nSPS) is 12.5. The summed E-state index contributed by atoms with van der Waals surface area (Å²) >= 11 is 9.52. The molecule has 0 radical (unpaired) electrons. The van der Waals surface area contributed by atoms with Crippen LogP contribution in [0.25, 0.3) is 0 Å². The second-order valence-corrected chi connectivity index (χ2v) is 4.26. The maximum absolute atomic E-state index is 6.10. The largest absolute Gasteiger partial charge is 0.307 e. The average Bonchev–Trinajstić information content (AvgIpc) is 2.18. The third kappa shape index (κ3) is 2.84. The lowest BCUT2D eigenvalue weighted by molar-refractivity contribution is 0.649. The zero-order chi connectivity index (χ0) is 10.6. The van der Waals surface area contributed by atoms with Gasteiger partial charge in [0.25, 0.3) is 0 Å². The van der Waals surface area contributed by atoms with Crippen LogP contribution in [0, 0.1) is 0 Å². The highest BCUT2D eigenvalue weighted by molar-refractivity contribution is 9.10. The average molecular weight is 275 g/mol. The second kappa shape index (κ2) is 5.54. The van der Waals surface area contributed by atoms with E-state index in [-0.39, 0.29) is 6.04 Å². The molecule has 0 spiro atoms. The molecular weight excluding hydrogens is 261 g/mol. The Morgan fingerprint density at radius 2 is 2.36 bits per heavy atom. The van der Waals surface area contributed by atoms with Crippen LogP contribution in [0.1, 0.15) is 18.5 Å². The third-order valence-corrected chi connectivity index (χ3v) is 2.79. The molecule has 1 atom stereocenters. The lowest BCUT2D eigenvalue weighted by atomic mass is 10.1. The van der Waals surface area contributed by atoms with Gasteiger partial charge < -0.3 is 5.32 Å². The van der Waals surface area contributed by atoms with Crippen molar-refractivity contribution >= 4 is 27.5 Å². The molecule has 3 heteroatoms. The highest BCUT2D eigenvalue weighted by Crippen LogP contribution is 2.26. The van der Waals surface area contributed by atoms with E-state index < -0.39 is 0 Å². The lowest BCUT2D eigenvalue weighted by Gasteiger charge is -2.15. The summed E-state index contributed by atoms with van der Waals surface area (Å²) in [6.07, 6.45) is 1.86. The number of nitrogens with one attached hydrogen (secondary N) is 1. The zero-order valence-corrected chi connectivity index (χ0v) is 10.4. The van der Waals surface area contributed by atoms with Gasteiger partial charge in [0, 0.05) is 9.50 Å². The molecule has 0 aliphatic carbocycles. The summed E-state index contributed by atoms with van der Waals surface area (Å²) in [4.78, 5) is 0. The van der Waals surface area contributed by atoms with E-state index in [1.54, 1.807) is 0 Å². The molecule has 0 aromatic heterocycles. The first kappa shape index (κ1) is 11.8. The monoisotopic (exact) mass is 273 g/mol. The van der Waals surface area contributed by atoms with Gasteiger partial charge in [-0.3, -0.25) is 0 Å². The van der Waals surface area contributed by atoms with E-state index in [0.29, 0.717) is 0 Å². The van der Waals surface area contributed by atoms with E-state index in [9.17, 15) is 0 Å². The molecule has 1 nitrogen and oxygen atoms in total. The van der Waals surface area contributed by atoms with Crippen molar-refractivity contribution in [3.8, 4) is 0 Å². The molecule has 0 bridgehead atoms. The van der Waals surface area contributed by atoms with Gasteiger partial charge in [-0.05, 0) is 30.3 Å². The minimum atomic E-state index is 0.116. The summed E-state index contributed by atoms with van der Waals surface area (Å²) in [7, 11) is 0. The summed E-state index contributed by atoms with van der Waals surface area (Å²) in [5, 5.41) is 4.06. The van der Waals surface area contributed by atoms with Crippen LogP contribution in [0.5, 0.6) is 0 Å². The summed E-state index contributed by atoms with van der Waals surface area (Å²) < 4.78 is 1.03. The quantitative estimate of drug-likeness (QED) is 0.820. The Hall–Kier alpha value is -0.310. The molecule has 0 saturated carbocycles. The fraction of sp³-hybridized carbons (Fsp3) is 0.273. The topological polar surface area (TPSA) is 12.0 Å². The van der Waals surface area contributed by atoms with E-state index in [1.165, 1.54) is 0 Å². The van der Waals surface area contributed by atoms with E-state index in [0.717, 1.165) is 21.6 Å². The molecule has 76 valence electrons. The van der Waals surface area contributed by atoms with Gasteiger partial charge in [-0.1, -0.05) is 40.5 Å². The molecule has 1 aromatic carbocycles. The van der Waals surface area contributed by atoms with Gasteiger partial charge in [0.15, 0.2) is 0 Å². The fourth-order valence-corrected chi connectivity index (χ4v) is 1.91. The SMILES string of the molecule is C=CC(NCC)c1cc(Br)ccc1Cl. The summed E-state index contributed by atoms with van der Waals surface area (Å²) in [6.45, 7) is 6.74. The van der Waals surface area contributed by atoms with Gasteiger partial charge >= 0.3 is 0 Å². The minimum absolute atomic E-state index is 0.116. The molecule has 0 saturated heterocycles. The second-order valence-electron chi connectivity index (χ2n) is 2.94. The summed E-state index contributed by atoms with van der Waals surface area (Å²) in [5.41, 5.74) is 1.05. The predicted octanol–water partition coefficient (Wildman–Crippen LogP) is 3.94. The Balaban J connectivity index is 3.01. The molecule has 0 heterocycles. The maximum Gasteiger partial charge on any atom is 0.0518 e. The highest BCUT2D eigenvalue weighted by Gasteiger charge is 2.09. The van der Waals surface area contributed by atoms with E-state index >= 15 is 0 Å². The lowest BCUT2D eigenvalue weighted by Crippen LogP contribution is -2.18. The molecular formula is C11H13BrClN. The van der Waals surface area contributed by atoms with Crippen molar-refractivity contribution in [3.63, 3.8) is 0 Å². The van der Waals surface area contributed by atoms with Crippen LogP contribution >= 0.6 is 27.5 Å². The number of benzene rings is 1. The molecule has 0 aliphatic rings. The number of rotatable bonds is 4. The van der Waals surface area contributed by atoms with Crippen molar-refractivity contribution in [2.45, 2.75) is 13.0 Å². The Labute approximate surface area is 98.3 Å². The van der Waals surface area contributed by atoms with Gasteiger partial charge in [-0.15, -0.1) is 6.58 Å². The van der Waals surface area contributed by atoms with Gasteiger partial charge in [0.1, 0.15) is 0 Å². The molecule has 1 unspecified atom stereocenters. The molecule has 1 N–H and O–H groups in total. The van der Waals surface area contributed by atoms with Gasteiger partial charge in [-0.25, -0.2) is 0 Å². The van der Waals surface area contributed by atoms with Crippen LogP contribution in [0.4, 0.5) is 0 Å². The predicted molar refractivity (Wildman–Crippen MR) is 65.8 cm³/mol. The number of hydrogen-bond donors (Lipinski definition) is 1. The van der Waals surface area contributed by atoms with Crippen molar-refractivity contribution < 1.29 is 0 Å². The first-order valence-corrected chi connectivity index (χ1v) is 5.67. The van der Waals surface area contributed by atoms with Crippen molar-refractivity contribution in [2.24, 2.45) is 0 Å². The van der Waals surface area contributed by atoms with Crippen molar-refractivity contribution in [3.05, 3.63) is 45.9 Å². The molecule has 0 aliphatic heterocycles. The van der Waals surface area contributed by atoms with Crippen LogP contribution in [-0.4, -0.2) is 6.54 Å². The smallest absolute Gasteiger partial charge is 0.0518 e. The molecule has 1 rings (SSSR count). The van der Waals surface area contributed by atoms with E-state index in [2.05, 4.69) is 34.7 Å². The van der Waals surface area contributed by atoms with Crippen molar-refractivity contribution in [2.75, 3.05) is 6.54 Å². The van der Waals surface area contributed by atoms with Crippen LogP contribution in [0.3, 0.4) is 0 Å². The molecule has 14 heavy (non-hydrogen) atoms.